The van der Waals surface area contributed by atoms with Gasteiger partial charge in [0, 0.05) is 17.7 Å². The first-order chi connectivity index (χ1) is 9.90. The van der Waals surface area contributed by atoms with Crippen LogP contribution >= 0.6 is 11.3 Å². The van der Waals surface area contributed by atoms with E-state index in [1.807, 2.05) is 32.9 Å². The largest absolute Gasteiger partial charge is 0.486 e. The van der Waals surface area contributed by atoms with Crippen molar-refractivity contribution in [2.75, 3.05) is 18.5 Å². The van der Waals surface area contributed by atoms with E-state index in [9.17, 15) is 4.79 Å². The lowest BCUT2D eigenvalue weighted by atomic mass is 10.1. The highest BCUT2D eigenvalue weighted by Gasteiger charge is 2.17. The molecular formula is C14H17N3O3S. The number of amides is 2. The first kappa shape index (κ1) is 13.9. The van der Waals surface area contributed by atoms with Crippen LogP contribution < -0.4 is 20.1 Å². The second-order valence-electron chi connectivity index (χ2n) is 5.81. The van der Waals surface area contributed by atoms with Crippen molar-refractivity contribution in [1.82, 2.24) is 10.3 Å². The fraction of sp³-hybridized carbons (Fsp3) is 0.429. The Bertz CT molecular complexity index is 648. The van der Waals surface area contributed by atoms with Crippen LogP contribution in [0.15, 0.2) is 12.1 Å². The van der Waals surface area contributed by atoms with E-state index < -0.39 is 0 Å². The van der Waals surface area contributed by atoms with Gasteiger partial charge in [0.05, 0.1) is 10.2 Å². The molecule has 3 rings (SSSR count). The minimum absolute atomic E-state index is 0.265. The number of urea groups is 1. The molecule has 0 saturated heterocycles. The van der Waals surface area contributed by atoms with Crippen molar-refractivity contribution >= 4 is 32.7 Å². The van der Waals surface area contributed by atoms with Crippen LogP contribution in [-0.2, 0) is 0 Å². The molecular weight excluding hydrogens is 290 g/mol. The summed E-state index contributed by atoms with van der Waals surface area (Å²) in [6.07, 6.45) is 0. The standard InChI is InChI=1S/C14H17N3O3S/c1-14(2,3)17-12(18)16-13-15-8-6-9-10(7-11(8)21-13)20-5-4-19-9/h6-7H,4-5H2,1-3H3,(H2,15,16,17,18). The second-order valence-corrected chi connectivity index (χ2v) is 6.84. The molecule has 0 radical (unpaired) electrons. The number of rotatable bonds is 1. The zero-order valence-electron chi connectivity index (χ0n) is 12.1. The number of benzene rings is 1. The van der Waals surface area contributed by atoms with Gasteiger partial charge in [-0.05, 0) is 20.8 Å². The molecule has 0 aliphatic carbocycles. The predicted octanol–water partition coefficient (Wildman–Crippen LogP) is 2.99. The van der Waals surface area contributed by atoms with Gasteiger partial charge in [0.2, 0.25) is 0 Å². The Balaban J connectivity index is 1.82. The van der Waals surface area contributed by atoms with E-state index in [1.165, 1.54) is 11.3 Å². The van der Waals surface area contributed by atoms with E-state index in [0.717, 1.165) is 16.0 Å². The smallest absolute Gasteiger partial charge is 0.321 e. The van der Waals surface area contributed by atoms with Gasteiger partial charge in [-0.1, -0.05) is 11.3 Å². The van der Waals surface area contributed by atoms with E-state index in [0.29, 0.717) is 24.1 Å². The lowest BCUT2D eigenvalue weighted by Crippen LogP contribution is -2.43. The van der Waals surface area contributed by atoms with Gasteiger partial charge >= 0.3 is 6.03 Å². The lowest BCUT2D eigenvalue weighted by molar-refractivity contribution is 0.172. The molecule has 2 amide bonds. The lowest BCUT2D eigenvalue weighted by Gasteiger charge is -2.19. The average Bonchev–Trinajstić information content (AvgIpc) is 2.74. The predicted molar refractivity (Wildman–Crippen MR) is 82.5 cm³/mol. The highest BCUT2D eigenvalue weighted by molar-refractivity contribution is 7.22. The number of aromatic nitrogens is 1. The van der Waals surface area contributed by atoms with E-state index in [2.05, 4.69) is 15.6 Å². The number of carbonyl (C=O) groups is 1. The second kappa shape index (κ2) is 5.07. The zero-order valence-corrected chi connectivity index (χ0v) is 13.0. The Morgan fingerprint density at radius 2 is 1.90 bits per heavy atom. The molecule has 0 saturated carbocycles. The van der Waals surface area contributed by atoms with Crippen molar-refractivity contribution < 1.29 is 14.3 Å². The first-order valence-electron chi connectivity index (χ1n) is 6.70. The molecule has 0 unspecified atom stereocenters. The number of anilines is 1. The van der Waals surface area contributed by atoms with Crippen molar-refractivity contribution in [3.63, 3.8) is 0 Å². The quantitative estimate of drug-likeness (QED) is 0.849. The monoisotopic (exact) mass is 307 g/mol. The number of fused-ring (bicyclic) bond motifs is 2. The van der Waals surface area contributed by atoms with E-state index >= 15 is 0 Å². The van der Waals surface area contributed by atoms with Crippen molar-refractivity contribution in [3.05, 3.63) is 12.1 Å². The number of nitrogens with one attached hydrogen (secondary N) is 2. The summed E-state index contributed by atoms with van der Waals surface area (Å²) >= 11 is 1.41. The number of ether oxygens (including phenoxy) is 2. The van der Waals surface area contributed by atoms with Gasteiger partial charge in [0.1, 0.15) is 13.2 Å². The van der Waals surface area contributed by atoms with Crippen LogP contribution in [0.1, 0.15) is 20.8 Å². The molecule has 0 atom stereocenters. The van der Waals surface area contributed by atoms with Crippen LogP contribution in [0.25, 0.3) is 10.2 Å². The fourth-order valence-corrected chi connectivity index (χ4v) is 2.86. The average molecular weight is 307 g/mol. The summed E-state index contributed by atoms with van der Waals surface area (Å²) in [6, 6.07) is 3.47. The molecule has 6 nitrogen and oxygen atoms in total. The first-order valence-corrected chi connectivity index (χ1v) is 7.52. The minimum Gasteiger partial charge on any atom is -0.486 e. The molecule has 21 heavy (non-hydrogen) atoms. The minimum atomic E-state index is -0.290. The molecule has 7 heteroatoms. The molecule has 2 N–H and O–H groups in total. The van der Waals surface area contributed by atoms with E-state index in [-0.39, 0.29) is 11.6 Å². The van der Waals surface area contributed by atoms with Crippen molar-refractivity contribution in [2.24, 2.45) is 0 Å². The van der Waals surface area contributed by atoms with Crippen LogP contribution in [0.5, 0.6) is 11.5 Å². The third kappa shape index (κ3) is 3.18. The summed E-state index contributed by atoms with van der Waals surface area (Å²) in [4.78, 5) is 16.3. The van der Waals surface area contributed by atoms with Gasteiger partial charge in [-0.3, -0.25) is 5.32 Å². The Morgan fingerprint density at radius 3 is 2.57 bits per heavy atom. The molecule has 2 heterocycles. The number of nitrogens with zero attached hydrogens (tertiary/aromatic N) is 1. The van der Waals surface area contributed by atoms with Gasteiger partial charge in [0.25, 0.3) is 0 Å². The molecule has 1 aliphatic rings. The summed E-state index contributed by atoms with van der Waals surface area (Å²) in [5.41, 5.74) is 0.497. The summed E-state index contributed by atoms with van der Waals surface area (Å²) < 4.78 is 12.0. The van der Waals surface area contributed by atoms with E-state index in [1.54, 1.807) is 0 Å². The topological polar surface area (TPSA) is 72.5 Å². The number of hydrogen-bond acceptors (Lipinski definition) is 5. The highest BCUT2D eigenvalue weighted by atomic mass is 32.1. The summed E-state index contributed by atoms with van der Waals surface area (Å²) in [7, 11) is 0. The third-order valence-electron chi connectivity index (χ3n) is 2.76. The van der Waals surface area contributed by atoms with Crippen molar-refractivity contribution in [1.29, 1.82) is 0 Å². The Morgan fingerprint density at radius 1 is 1.24 bits per heavy atom. The summed E-state index contributed by atoms with van der Waals surface area (Å²) in [5, 5.41) is 6.14. The summed E-state index contributed by atoms with van der Waals surface area (Å²) in [5.74, 6) is 1.42. The molecule has 0 fully saturated rings. The van der Waals surface area contributed by atoms with Gasteiger partial charge in [-0.15, -0.1) is 0 Å². The van der Waals surface area contributed by atoms with Crippen LogP contribution in [0.2, 0.25) is 0 Å². The maximum atomic E-state index is 11.9. The van der Waals surface area contributed by atoms with Gasteiger partial charge < -0.3 is 14.8 Å². The van der Waals surface area contributed by atoms with Crippen LogP contribution in [0.3, 0.4) is 0 Å². The van der Waals surface area contributed by atoms with Crippen LogP contribution in [-0.4, -0.2) is 29.8 Å². The number of hydrogen-bond donors (Lipinski definition) is 2. The third-order valence-corrected chi connectivity index (χ3v) is 3.69. The molecule has 1 aliphatic heterocycles. The Kier molecular flexibility index (Phi) is 3.36. The molecule has 2 aromatic rings. The Labute approximate surface area is 126 Å². The fourth-order valence-electron chi connectivity index (χ4n) is 1.99. The number of carbonyl (C=O) groups excluding carboxylic acids is 1. The molecule has 112 valence electrons. The highest BCUT2D eigenvalue weighted by Crippen LogP contribution is 2.37. The van der Waals surface area contributed by atoms with Crippen molar-refractivity contribution in [2.45, 2.75) is 26.3 Å². The maximum absolute atomic E-state index is 11.9. The van der Waals surface area contributed by atoms with Crippen LogP contribution in [0.4, 0.5) is 9.93 Å². The van der Waals surface area contributed by atoms with Crippen LogP contribution in [0, 0.1) is 0 Å². The van der Waals surface area contributed by atoms with Gasteiger partial charge in [0.15, 0.2) is 16.6 Å². The molecule has 1 aromatic heterocycles. The van der Waals surface area contributed by atoms with Gasteiger partial charge in [-0.25, -0.2) is 9.78 Å². The van der Waals surface area contributed by atoms with E-state index in [4.69, 9.17) is 9.47 Å². The maximum Gasteiger partial charge on any atom is 0.321 e. The zero-order chi connectivity index (χ0) is 15.0. The molecule has 0 spiro atoms. The molecule has 1 aromatic carbocycles. The SMILES string of the molecule is CC(C)(C)NC(=O)Nc1nc2cc3c(cc2s1)OCCO3. The summed E-state index contributed by atoms with van der Waals surface area (Å²) in [6.45, 7) is 6.87. The normalized spacial score (nSPS) is 14.0. The Hall–Kier alpha value is -2.02. The van der Waals surface area contributed by atoms with Crippen molar-refractivity contribution in [3.8, 4) is 11.5 Å². The molecule has 0 bridgehead atoms. The van der Waals surface area contributed by atoms with Gasteiger partial charge in [-0.2, -0.15) is 0 Å². The number of thiazole rings is 1.